The van der Waals surface area contributed by atoms with Crippen LogP contribution in [0.2, 0.25) is 5.02 Å². The molecule has 0 aliphatic carbocycles. The van der Waals surface area contributed by atoms with E-state index in [1.165, 1.54) is 41.0 Å². The van der Waals surface area contributed by atoms with Crippen LogP contribution in [0.1, 0.15) is 5.56 Å². The van der Waals surface area contributed by atoms with Crippen molar-refractivity contribution in [2.75, 3.05) is 7.05 Å². The lowest BCUT2D eigenvalue weighted by molar-refractivity contribution is -0.384. The van der Waals surface area contributed by atoms with Gasteiger partial charge in [-0.3, -0.25) is 24.3 Å². The zero-order chi connectivity index (χ0) is 19.6. The third-order valence-electron chi connectivity index (χ3n) is 4.11. The predicted octanol–water partition coefficient (Wildman–Crippen LogP) is 2.62. The van der Waals surface area contributed by atoms with E-state index in [4.69, 9.17) is 11.6 Å². The zero-order valence-electron chi connectivity index (χ0n) is 14.3. The molecule has 0 aliphatic rings. The number of non-ortho nitro benzene ring substituents is 1. The Labute approximate surface area is 158 Å². The summed E-state index contributed by atoms with van der Waals surface area (Å²) in [6.45, 7) is -0.116. The molecule has 1 heterocycles. The number of nitrogens with zero attached hydrogens (tertiary/aromatic N) is 4. The molecular formula is C18H15ClN4O4. The molecule has 9 heteroatoms. The van der Waals surface area contributed by atoms with Gasteiger partial charge >= 0.3 is 0 Å². The molecule has 0 N–H and O–H groups in total. The van der Waals surface area contributed by atoms with Crippen LogP contribution in [0, 0.1) is 10.1 Å². The van der Waals surface area contributed by atoms with E-state index < -0.39 is 4.92 Å². The Morgan fingerprint density at radius 1 is 1.30 bits per heavy atom. The molecule has 0 spiro atoms. The Morgan fingerprint density at radius 2 is 2.04 bits per heavy atom. The average Bonchev–Trinajstić information content (AvgIpc) is 2.65. The summed E-state index contributed by atoms with van der Waals surface area (Å²) in [7, 11) is 1.54. The van der Waals surface area contributed by atoms with E-state index in [1.807, 2.05) is 0 Å². The molecule has 2 aromatic carbocycles. The third-order valence-corrected chi connectivity index (χ3v) is 4.48. The number of benzene rings is 2. The van der Waals surface area contributed by atoms with Crippen LogP contribution < -0.4 is 5.56 Å². The van der Waals surface area contributed by atoms with Crippen molar-refractivity contribution in [2.45, 2.75) is 13.1 Å². The number of amides is 1. The van der Waals surface area contributed by atoms with Gasteiger partial charge in [0, 0.05) is 30.7 Å². The van der Waals surface area contributed by atoms with Crippen molar-refractivity contribution in [2.24, 2.45) is 0 Å². The van der Waals surface area contributed by atoms with Gasteiger partial charge < -0.3 is 4.90 Å². The number of halogens is 1. The second-order valence-corrected chi connectivity index (χ2v) is 6.38. The van der Waals surface area contributed by atoms with Crippen LogP contribution in [0.4, 0.5) is 5.69 Å². The number of aromatic nitrogens is 2. The van der Waals surface area contributed by atoms with Crippen LogP contribution in [-0.4, -0.2) is 32.3 Å². The largest absolute Gasteiger partial charge is 0.340 e. The number of hydrogen-bond acceptors (Lipinski definition) is 5. The molecular weight excluding hydrogens is 372 g/mol. The quantitative estimate of drug-likeness (QED) is 0.495. The van der Waals surface area contributed by atoms with Gasteiger partial charge in [-0.15, -0.1) is 0 Å². The second-order valence-electron chi connectivity index (χ2n) is 5.98. The van der Waals surface area contributed by atoms with Crippen molar-refractivity contribution in [1.29, 1.82) is 0 Å². The molecule has 1 aromatic heterocycles. The van der Waals surface area contributed by atoms with Crippen LogP contribution >= 0.6 is 11.6 Å². The van der Waals surface area contributed by atoms with Crippen molar-refractivity contribution in [3.63, 3.8) is 0 Å². The lowest BCUT2D eigenvalue weighted by Gasteiger charge is -2.18. The standard InChI is InChI=1S/C18H15ClN4O4/c1-21(9-12-8-13(23(26)27)6-7-15(12)19)17(24)10-22-11-20-16-5-3-2-4-14(16)18(22)25/h2-8,11H,9-10H2,1H3. The Morgan fingerprint density at radius 3 is 2.78 bits per heavy atom. The summed E-state index contributed by atoms with van der Waals surface area (Å²) in [4.78, 5) is 40.9. The maximum absolute atomic E-state index is 12.5. The zero-order valence-corrected chi connectivity index (χ0v) is 15.1. The van der Waals surface area contributed by atoms with E-state index in [9.17, 15) is 19.7 Å². The van der Waals surface area contributed by atoms with Gasteiger partial charge in [0.15, 0.2) is 0 Å². The van der Waals surface area contributed by atoms with Gasteiger partial charge in [-0.2, -0.15) is 0 Å². The summed E-state index contributed by atoms with van der Waals surface area (Å²) in [6, 6.07) is 10.9. The first-order chi connectivity index (χ1) is 12.9. The highest BCUT2D eigenvalue weighted by Crippen LogP contribution is 2.23. The van der Waals surface area contributed by atoms with E-state index in [2.05, 4.69) is 4.98 Å². The number of nitro benzene ring substituents is 1. The van der Waals surface area contributed by atoms with Crippen LogP contribution in [0.15, 0.2) is 53.6 Å². The van der Waals surface area contributed by atoms with Crippen LogP contribution in [0.3, 0.4) is 0 Å². The highest BCUT2D eigenvalue weighted by molar-refractivity contribution is 6.31. The molecule has 1 amide bonds. The van der Waals surface area contributed by atoms with Gasteiger partial charge in [0.05, 0.1) is 22.2 Å². The van der Waals surface area contributed by atoms with Crippen molar-refractivity contribution in [1.82, 2.24) is 14.5 Å². The van der Waals surface area contributed by atoms with Crippen LogP contribution in [0.25, 0.3) is 10.9 Å². The second kappa shape index (κ2) is 7.55. The first-order valence-corrected chi connectivity index (χ1v) is 8.35. The number of likely N-dealkylation sites (N-methyl/N-ethyl adjacent to an activating group) is 1. The SMILES string of the molecule is CN(Cc1cc([N+](=O)[O-])ccc1Cl)C(=O)Cn1cnc2ccccc2c1=O. The molecule has 0 saturated heterocycles. The Kier molecular flexibility index (Phi) is 5.18. The average molecular weight is 387 g/mol. The minimum atomic E-state index is -0.526. The molecule has 0 atom stereocenters. The molecule has 0 saturated carbocycles. The fourth-order valence-corrected chi connectivity index (χ4v) is 2.80. The molecule has 0 fully saturated rings. The Balaban J connectivity index is 1.79. The maximum atomic E-state index is 12.5. The van der Waals surface area contributed by atoms with Gasteiger partial charge in [-0.05, 0) is 23.8 Å². The van der Waals surface area contributed by atoms with Crippen molar-refractivity contribution >= 4 is 34.1 Å². The highest BCUT2D eigenvalue weighted by atomic mass is 35.5. The molecule has 0 radical (unpaired) electrons. The molecule has 0 aliphatic heterocycles. The molecule has 3 rings (SSSR count). The number of carbonyl (C=O) groups is 1. The van der Waals surface area contributed by atoms with Crippen molar-refractivity contribution in [3.8, 4) is 0 Å². The number of para-hydroxylation sites is 1. The lowest BCUT2D eigenvalue weighted by atomic mass is 10.2. The van der Waals surface area contributed by atoms with Gasteiger partial charge in [0.1, 0.15) is 6.54 Å². The van der Waals surface area contributed by atoms with E-state index >= 15 is 0 Å². The first-order valence-electron chi connectivity index (χ1n) is 7.98. The van der Waals surface area contributed by atoms with Crippen molar-refractivity contribution < 1.29 is 9.72 Å². The fourth-order valence-electron chi connectivity index (χ4n) is 2.62. The number of hydrogen-bond donors (Lipinski definition) is 0. The summed E-state index contributed by atoms with van der Waals surface area (Å²) < 4.78 is 1.23. The monoisotopic (exact) mass is 386 g/mol. The molecule has 138 valence electrons. The van der Waals surface area contributed by atoms with E-state index in [-0.39, 0.29) is 30.2 Å². The summed E-state index contributed by atoms with van der Waals surface area (Å²) in [5.74, 6) is -0.350. The summed E-state index contributed by atoms with van der Waals surface area (Å²) in [5, 5.41) is 11.7. The van der Waals surface area contributed by atoms with Gasteiger partial charge in [0.2, 0.25) is 5.91 Å². The van der Waals surface area contributed by atoms with Gasteiger partial charge in [0.25, 0.3) is 11.2 Å². The van der Waals surface area contributed by atoms with Crippen LogP contribution in [0.5, 0.6) is 0 Å². The molecule has 3 aromatic rings. The third kappa shape index (κ3) is 3.95. The lowest BCUT2D eigenvalue weighted by Crippen LogP contribution is -2.33. The van der Waals surface area contributed by atoms with Gasteiger partial charge in [-0.1, -0.05) is 23.7 Å². The molecule has 0 unspecified atom stereocenters. The number of nitro groups is 1. The smallest absolute Gasteiger partial charge is 0.269 e. The van der Waals surface area contributed by atoms with Gasteiger partial charge in [-0.25, -0.2) is 4.98 Å². The van der Waals surface area contributed by atoms with Crippen molar-refractivity contribution in [3.05, 3.63) is 79.8 Å². The normalized spacial score (nSPS) is 10.7. The summed E-state index contributed by atoms with van der Waals surface area (Å²) >= 11 is 6.07. The first kappa shape index (κ1) is 18.5. The molecule has 27 heavy (non-hydrogen) atoms. The summed E-state index contributed by atoms with van der Waals surface area (Å²) in [5.41, 5.74) is 0.592. The van der Waals surface area contributed by atoms with E-state index in [0.29, 0.717) is 21.5 Å². The summed E-state index contributed by atoms with van der Waals surface area (Å²) in [6.07, 6.45) is 1.33. The molecule has 8 nitrogen and oxygen atoms in total. The minimum Gasteiger partial charge on any atom is -0.340 e. The van der Waals surface area contributed by atoms with Crippen LogP contribution in [-0.2, 0) is 17.9 Å². The Bertz CT molecular complexity index is 1100. The number of rotatable bonds is 5. The maximum Gasteiger partial charge on any atom is 0.269 e. The fraction of sp³-hybridized carbons (Fsp3) is 0.167. The predicted molar refractivity (Wildman–Crippen MR) is 101 cm³/mol. The highest BCUT2D eigenvalue weighted by Gasteiger charge is 2.16. The Hall–Kier alpha value is -3.26. The number of fused-ring (bicyclic) bond motifs is 1. The molecule has 0 bridgehead atoms. The van der Waals surface area contributed by atoms with E-state index in [1.54, 1.807) is 24.3 Å². The van der Waals surface area contributed by atoms with E-state index in [0.717, 1.165) is 0 Å². The minimum absolute atomic E-state index is 0.0785. The topological polar surface area (TPSA) is 98.3 Å². The number of carbonyl (C=O) groups excluding carboxylic acids is 1.